The zero-order valence-corrected chi connectivity index (χ0v) is 16.0. The van der Waals surface area contributed by atoms with Crippen molar-refractivity contribution in [2.75, 3.05) is 11.4 Å². The summed E-state index contributed by atoms with van der Waals surface area (Å²) >= 11 is 7.39. The lowest BCUT2D eigenvalue weighted by Gasteiger charge is -2.19. The number of anilines is 1. The average Bonchev–Trinajstić information content (AvgIpc) is 3.22. The van der Waals surface area contributed by atoms with Crippen molar-refractivity contribution in [2.45, 2.75) is 6.92 Å². The van der Waals surface area contributed by atoms with Crippen LogP contribution in [0.2, 0.25) is 5.02 Å². The largest absolute Gasteiger partial charge is 0.510 e. The van der Waals surface area contributed by atoms with Crippen LogP contribution in [0.25, 0.3) is 16.8 Å². The van der Waals surface area contributed by atoms with Crippen LogP contribution < -0.4 is 4.90 Å². The molecule has 0 atom stereocenters. The highest BCUT2D eigenvalue weighted by Gasteiger charge is 2.32. The molecule has 5 nitrogen and oxygen atoms in total. The number of aromatic nitrogens is 1. The summed E-state index contributed by atoms with van der Waals surface area (Å²) in [4.78, 5) is 6.12. The van der Waals surface area contributed by atoms with Gasteiger partial charge < -0.3 is 15.1 Å². The summed E-state index contributed by atoms with van der Waals surface area (Å²) in [5, 5.41) is 32.0. The number of thiazole rings is 1. The number of aliphatic hydroxyl groups is 1. The number of phenolic OH excluding ortho intramolecular Hbond substituents is 1. The van der Waals surface area contributed by atoms with E-state index in [4.69, 9.17) is 17.0 Å². The molecule has 0 fully saturated rings. The van der Waals surface area contributed by atoms with Crippen LogP contribution in [0.3, 0.4) is 0 Å². The van der Waals surface area contributed by atoms with Gasteiger partial charge in [-0.2, -0.15) is 0 Å². The SMILES string of the molecule is Cc1ccc(-c2csc(C3=C(O)CN(c4cc(Cl)ccc4O)C3=N)n2)cc1. The van der Waals surface area contributed by atoms with E-state index in [1.807, 2.05) is 36.6 Å². The lowest BCUT2D eigenvalue weighted by molar-refractivity contribution is 0.411. The number of rotatable bonds is 3. The summed E-state index contributed by atoms with van der Waals surface area (Å²) < 4.78 is 0. The van der Waals surface area contributed by atoms with E-state index in [0.29, 0.717) is 21.3 Å². The zero-order valence-electron chi connectivity index (χ0n) is 14.4. The molecule has 0 unspecified atom stereocenters. The maximum Gasteiger partial charge on any atom is 0.139 e. The van der Waals surface area contributed by atoms with Crippen LogP contribution in [0.15, 0.2) is 53.6 Å². The van der Waals surface area contributed by atoms with Gasteiger partial charge in [0.25, 0.3) is 0 Å². The average molecular weight is 398 g/mol. The first-order chi connectivity index (χ1) is 12.9. The highest BCUT2D eigenvalue weighted by atomic mass is 35.5. The second-order valence-corrected chi connectivity index (χ2v) is 7.59. The van der Waals surface area contributed by atoms with Crippen LogP contribution in [0.1, 0.15) is 10.6 Å². The molecule has 4 rings (SSSR count). The first-order valence-electron chi connectivity index (χ1n) is 8.24. The summed E-state index contributed by atoms with van der Waals surface area (Å²) in [6.07, 6.45) is 0. The molecule has 7 heteroatoms. The van der Waals surface area contributed by atoms with Gasteiger partial charge in [0.05, 0.1) is 23.5 Å². The third-order valence-corrected chi connectivity index (χ3v) is 5.49. The van der Waals surface area contributed by atoms with E-state index < -0.39 is 0 Å². The minimum absolute atomic E-state index is 0.00215. The highest BCUT2D eigenvalue weighted by Crippen LogP contribution is 2.38. The number of hydrogen-bond donors (Lipinski definition) is 3. The molecule has 1 aromatic heterocycles. The Kier molecular flexibility index (Phi) is 4.37. The molecular weight excluding hydrogens is 382 g/mol. The van der Waals surface area contributed by atoms with Crippen LogP contribution in [0.5, 0.6) is 5.75 Å². The molecule has 0 aliphatic carbocycles. The Balaban J connectivity index is 1.67. The Bertz CT molecular complexity index is 1070. The van der Waals surface area contributed by atoms with Crippen LogP contribution in [0, 0.1) is 12.3 Å². The van der Waals surface area contributed by atoms with Crippen molar-refractivity contribution in [1.29, 1.82) is 5.41 Å². The monoisotopic (exact) mass is 397 g/mol. The van der Waals surface area contributed by atoms with E-state index in [9.17, 15) is 10.2 Å². The standard InChI is InChI=1S/C20H16ClN3O2S/c1-11-2-4-12(5-3-11)14-10-27-20(23-14)18-17(26)9-24(19(18)22)15-8-13(21)6-7-16(15)25/h2-8,10,22,25-26H,9H2,1H3. The Labute approximate surface area is 165 Å². The van der Waals surface area contributed by atoms with E-state index >= 15 is 0 Å². The molecule has 0 spiro atoms. The number of benzene rings is 2. The number of halogens is 1. The van der Waals surface area contributed by atoms with Crippen LogP contribution in [0.4, 0.5) is 5.69 Å². The van der Waals surface area contributed by atoms with Gasteiger partial charge in [-0.1, -0.05) is 41.4 Å². The van der Waals surface area contributed by atoms with Gasteiger partial charge in [-0.05, 0) is 25.1 Å². The van der Waals surface area contributed by atoms with Crippen molar-refractivity contribution in [3.05, 3.63) is 69.2 Å². The van der Waals surface area contributed by atoms with Crippen molar-refractivity contribution < 1.29 is 10.2 Å². The fraction of sp³-hybridized carbons (Fsp3) is 0.100. The van der Waals surface area contributed by atoms with Crippen LogP contribution in [-0.4, -0.2) is 27.6 Å². The normalized spacial score (nSPS) is 14.3. The maximum absolute atomic E-state index is 10.5. The quantitative estimate of drug-likeness (QED) is 0.564. The van der Waals surface area contributed by atoms with Gasteiger partial charge >= 0.3 is 0 Å². The van der Waals surface area contributed by atoms with Gasteiger partial charge in [0.1, 0.15) is 22.4 Å². The highest BCUT2D eigenvalue weighted by molar-refractivity contribution is 7.11. The molecule has 0 radical (unpaired) electrons. The van der Waals surface area contributed by atoms with Gasteiger partial charge in [-0.25, -0.2) is 4.98 Å². The Hall–Kier alpha value is -2.83. The smallest absolute Gasteiger partial charge is 0.139 e. The summed E-state index contributed by atoms with van der Waals surface area (Å²) in [6, 6.07) is 12.7. The van der Waals surface area contributed by atoms with Gasteiger partial charge in [0, 0.05) is 16.0 Å². The van der Waals surface area contributed by atoms with Crippen molar-refractivity contribution in [3.63, 3.8) is 0 Å². The molecule has 3 N–H and O–H groups in total. The minimum atomic E-state index is -0.00215. The number of hydrogen-bond acceptors (Lipinski definition) is 5. The second kappa shape index (κ2) is 6.72. The first kappa shape index (κ1) is 17.6. The fourth-order valence-corrected chi connectivity index (χ4v) is 4.03. The number of phenols is 1. The number of aromatic hydroxyl groups is 1. The molecule has 1 aliphatic heterocycles. The predicted octanol–water partition coefficient (Wildman–Crippen LogP) is 5.24. The summed E-state index contributed by atoms with van der Waals surface area (Å²) in [7, 11) is 0. The van der Waals surface area contributed by atoms with E-state index in [1.165, 1.54) is 27.9 Å². The van der Waals surface area contributed by atoms with Gasteiger partial charge in [0.2, 0.25) is 0 Å². The molecule has 27 heavy (non-hydrogen) atoms. The van der Waals surface area contributed by atoms with Crippen molar-refractivity contribution in [1.82, 2.24) is 4.98 Å². The van der Waals surface area contributed by atoms with E-state index in [-0.39, 0.29) is 23.9 Å². The zero-order chi connectivity index (χ0) is 19.1. The molecule has 0 saturated carbocycles. The Morgan fingerprint density at radius 1 is 1.15 bits per heavy atom. The molecule has 136 valence electrons. The lowest BCUT2D eigenvalue weighted by Crippen LogP contribution is -2.26. The van der Waals surface area contributed by atoms with E-state index in [0.717, 1.165) is 11.3 Å². The second-order valence-electron chi connectivity index (χ2n) is 6.29. The predicted molar refractivity (Wildman–Crippen MR) is 110 cm³/mol. The molecule has 0 saturated heterocycles. The molecule has 2 heterocycles. The van der Waals surface area contributed by atoms with Gasteiger partial charge in [-0.3, -0.25) is 5.41 Å². The molecule has 3 aromatic rings. The van der Waals surface area contributed by atoms with Gasteiger partial charge in [0.15, 0.2) is 0 Å². The summed E-state index contributed by atoms with van der Waals surface area (Å²) in [6.45, 7) is 2.11. The molecule has 0 amide bonds. The third-order valence-electron chi connectivity index (χ3n) is 4.40. The maximum atomic E-state index is 10.5. The number of amidine groups is 1. The van der Waals surface area contributed by atoms with Crippen LogP contribution >= 0.6 is 22.9 Å². The third kappa shape index (κ3) is 3.18. The number of aliphatic hydroxyl groups excluding tert-OH is 1. The summed E-state index contributed by atoms with van der Waals surface area (Å²) in [5.41, 5.74) is 3.70. The fourth-order valence-electron chi connectivity index (χ4n) is 2.97. The number of nitrogens with zero attached hydrogens (tertiary/aromatic N) is 2. The van der Waals surface area contributed by atoms with Crippen molar-refractivity contribution in [3.8, 4) is 17.0 Å². The van der Waals surface area contributed by atoms with E-state index in [1.54, 1.807) is 12.1 Å². The number of aryl methyl sites for hydroxylation is 1. The number of nitrogens with one attached hydrogen (secondary N) is 1. The Morgan fingerprint density at radius 3 is 2.63 bits per heavy atom. The molecule has 1 aliphatic rings. The molecular formula is C20H16ClN3O2S. The lowest BCUT2D eigenvalue weighted by atomic mass is 10.1. The summed E-state index contributed by atoms with van der Waals surface area (Å²) in [5.74, 6) is 0.122. The minimum Gasteiger partial charge on any atom is -0.510 e. The van der Waals surface area contributed by atoms with Crippen molar-refractivity contribution >= 4 is 40.0 Å². The molecule has 2 aromatic carbocycles. The molecule has 0 bridgehead atoms. The van der Waals surface area contributed by atoms with E-state index in [2.05, 4.69) is 4.98 Å². The van der Waals surface area contributed by atoms with Crippen LogP contribution in [-0.2, 0) is 0 Å². The van der Waals surface area contributed by atoms with Crippen molar-refractivity contribution in [2.24, 2.45) is 0 Å². The Morgan fingerprint density at radius 2 is 1.89 bits per heavy atom. The van der Waals surface area contributed by atoms with Gasteiger partial charge in [-0.15, -0.1) is 11.3 Å². The first-order valence-corrected chi connectivity index (χ1v) is 9.50. The topological polar surface area (TPSA) is 80.4 Å².